The van der Waals surface area contributed by atoms with Gasteiger partial charge in [0, 0.05) is 38.3 Å². The molecule has 164 valence electrons. The molecule has 0 spiro atoms. The largest absolute Gasteiger partial charge is 0.378 e. The van der Waals surface area contributed by atoms with Crippen molar-refractivity contribution in [3.05, 3.63) is 36.2 Å². The summed E-state index contributed by atoms with van der Waals surface area (Å²) < 4.78 is 34.7. The topological polar surface area (TPSA) is 85.3 Å². The van der Waals surface area contributed by atoms with Crippen LogP contribution in [0.25, 0.3) is 17.0 Å². The van der Waals surface area contributed by atoms with Crippen molar-refractivity contribution in [2.24, 2.45) is 5.73 Å². The van der Waals surface area contributed by atoms with Crippen molar-refractivity contribution in [3.8, 4) is 5.95 Å². The first-order valence-electron chi connectivity index (χ1n) is 10.6. The fourth-order valence-corrected chi connectivity index (χ4v) is 4.16. The third-order valence-corrected chi connectivity index (χ3v) is 5.87. The van der Waals surface area contributed by atoms with Crippen LogP contribution in [0.15, 0.2) is 30.3 Å². The molecule has 4 heterocycles. The lowest BCUT2D eigenvalue weighted by Crippen LogP contribution is -2.41. The molecule has 2 aliphatic heterocycles. The van der Waals surface area contributed by atoms with Crippen molar-refractivity contribution in [1.29, 1.82) is 0 Å². The van der Waals surface area contributed by atoms with Gasteiger partial charge in [0.05, 0.1) is 24.2 Å². The lowest BCUT2D eigenvalue weighted by Gasteiger charge is -2.33. The molecular weight excluding hydrogens is 404 g/mol. The molecule has 0 radical (unpaired) electrons. The van der Waals surface area contributed by atoms with Gasteiger partial charge in [-0.25, -0.2) is 13.8 Å². The van der Waals surface area contributed by atoms with Crippen LogP contribution in [-0.2, 0) is 4.74 Å². The van der Waals surface area contributed by atoms with Gasteiger partial charge < -0.3 is 20.3 Å². The molecule has 10 heteroatoms. The second kappa shape index (κ2) is 8.35. The molecule has 0 unspecified atom stereocenters. The van der Waals surface area contributed by atoms with Gasteiger partial charge in [-0.15, -0.1) is 0 Å². The Balaban J connectivity index is 1.65. The predicted molar refractivity (Wildman–Crippen MR) is 114 cm³/mol. The lowest BCUT2D eigenvalue weighted by molar-refractivity contribution is 0.122. The zero-order chi connectivity index (χ0) is 21.4. The Morgan fingerprint density at radius 2 is 1.58 bits per heavy atom. The van der Waals surface area contributed by atoms with Gasteiger partial charge in [-0.3, -0.25) is 4.57 Å². The highest BCUT2D eigenvalue weighted by atomic mass is 19.3. The maximum atomic E-state index is 13.9. The maximum Gasteiger partial charge on any atom is 0.296 e. The molecule has 2 saturated heterocycles. The normalized spacial score (nSPS) is 18.3. The molecule has 2 fully saturated rings. The van der Waals surface area contributed by atoms with E-state index < -0.39 is 6.43 Å². The van der Waals surface area contributed by atoms with Crippen LogP contribution >= 0.6 is 0 Å². The Labute approximate surface area is 178 Å². The average molecular weight is 429 g/mol. The van der Waals surface area contributed by atoms with Crippen molar-refractivity contribution >= 4 is 22.7 Å². The van der Waals surface area contributed by atoms with Gasteiger partial charge in [-0.1, -0.05) is 12.1 Å². The number of hydrogen-bond donors (Lipinski definition) is 1. The van der Waals surface area contributed by atoms with Gasteiger partial charge in [0.15, 0.2) is 5.82 Å². The zero-order valence-corrected chi connectivity index (χ0v) is 17.1. The van der Waals surface area contributed by atoms with E-state index in [9.17, 15) is 8.78 Å². The smallest absolute Gasteiger partial charge is 0.296 e. The number of nitrogens with two attached hydrogens (primary N) is 1. The number of piperidine rings is 1. The summed E-state index contributed by atoms with van der Waals surface area (Å²) in [5.74, 6) is 1.28. The highest BCUT2D eigenvalue weighted by molar-refractivity contribution is 5.78. The standard InChI is InChI=1S/C21H25F2N7O/c22-19(23)20-25-15-3-1-2-4-16(15)30(20)21-26-17(28-7-5-14(24)6-8-28)13-18(27-21)29-9-11-31-12-10-29/h1-4,13-14,19H,5-12,24H2. The van der Waals surface area contributed by atoms with E-state index in [4.69, 9.17) is 20.4 Å². The van der Waals surface area contributed by atoms with Gasteiger partial charge in [-0.05, 0) is 25.0 Å². The van der Waals surface area contributed by atoms with Crippen LogP contribution in [0.1, 0.15) is 25.1 Å². The Hall–Kier alpha value is -2.85. The van der Waals surface area contributed by atoms with Crippen molar-refractivity contribution in [1.82, 2.24) is 19.5 Å². The first kappa shape index (κ1) is 20.1. The second-order valence-corrected chi connectivity index (χ2v) is 7.90. The molecule has 0 amide bonds. The van der Waals surface area contributed by atoms with Gasteiger partial charge in [-0.2, -0.15) is 9.97 Å². The van der Waals surface area contributed by atoms with Gasteiger partial charge in [0.2, 0.25) is 5.95 Å². The number of morpholine rings is 1. The van der Waals surface area contributed by atoms with E-state index >= 15 is 0 Å². The van der Waals surface area contributed by atoms with Crippen molar-refractivity contribution in [3.63, 3.8) is 0 Å². The molecular formula is C21H25F2N7O. The summed E-state index contributed by atoms with van der Waals surface area (Å²) >= 11 is 0. The van der Waals surface area contributed by atoms with Gasteiger partial charge in [0.25, 0.3) is 6.43 Å². The number of para-hydroxylation sites is 2. The fourth-order valence-electron chi connectivity index (χ4n) is 4.16. The molecule has 2 aromatic heterocycles. The third-order valence-electron chi connectivity index (χ3n) is 5.87. The Bertz CT molecular complexity index is 1060. The van der Waals surface area contributed by atoms with E-state index in [0.717, 1.165) is 31.7 Å². The predicted octanol–water partition coefficient (Wildman–Crippen LogP) is 2.52. The van der Waals surface area contributed by atoms with Crippen LogP contribution in [0.3, 0.4) is 0 Å². The minimum atomic E-state index is -2.75. The summed E-state index contributed by atoms with van der Waals surface area (Å²) in [6, 6.07) is 9.18. The number of aromatic nitrogens is 4. The lowest BCUT2D eigenvalue weighted by atomic mass is 10.1. The Kier molecular flexibility index (Phi) is 5.41. The SMILES string of the molecule is NC1CCN(c2cc(N3CCOCC3)nc(-n3c(C(F)F)nc4ccccc43)n2)CC1. The monoisotopic (exact) mass is 429 g/mol. The fraction of sp³-hybridized carbons (Fsp3) is 0.476. The minimum Gasteiger partial charge on any atom is -0.378 e. The van der Waals surface area contributed by atoms with Crippen molar-refractivity contribution < 1.29 is 13.5 Å². The summed E-state index contributed by atoms with van der Waals surface area (Å²) in [5.41, 5.74) is 7.12. The first-order chi connectivity index (χ1) is 15.1. The summed E-state index contributed by atoms with van der Waals surface area (Å²) in [6.45, 7) is 4.12. The van der Waals surface area contributed by atoms with Crippen LogP contribution in [-0.4, -0.2) is 65.0 Å². The van der Waals surface area contributed by atoms with Crippen LogP contribution in [0.5, 0.6) is 0 Å². The summed E-state index contributed by atoms with van der Waals surface area (Å²) in [4.78, 5) is 17.8. The number of rotatable bonds is 4. The van der Waals surface area contributed by atoms with Gasteiger partial charge in [0.1, 0.15) is 11.6 Å². The van der Waals surface area contributed by atoms with Crippen LogP contribution < -0.4 is 15.5 Å². The molecule has 0 bridgehead atoms. The number of halogens is 2. The summed E-state index contributed by atoms with van der Waals surface area (Å²) in [6.07, 6.45) is -1.02. The Morgan fingerprint density at radius 1 is 0.935 bits per heavy atom. The quantitative estimate of drug-likeness (QED) is 0.682. The molecule has 31 heavy (non-hydrogen) atoms. The van der Waals surface area contributed by atoms with E-state index in [0.29, 0.717) is 43.2 Å². The molecule has 0 aliphatic carbocycles. The average Bonchev–Trinajstić information content (AvgIpc) is 3.20. The maximum absolute atomic E-state index is 13.9. The van der Waals surface area contributed by atoms with Crippen LogP contribution in [0.2, 0.25) is 0 Å². The van der Waals surface area contributed by atoms with E-state index in [-0.39, 0.29) is 17.8 Å². The second-order valence-electron chi connectivity index (χ2n) is 7.90. The molecule has 8 nitrogen and oxygen atoms in total. The van der Waals surface area contributed by atoms with Crippen molar-refractivity contribution in [2.45, 2.75) is 25.3 Å². The van der Waals surface area contributed by atoms with Gasteiger partial charge >= 0.3 is 0 Å². The number of ether oxygens (including phenoxy) is 1. The van der Waals surface area contributed by atoms with Crippen LogP contribution in [0.4, 0.5) is 20.4 Å². The highest BCUT2D eigenvalue weighted by Gasteiger charge is 2.25. The van der Waals surface area contributed by atoms with Crippen molar-refractivity contribution in [2.75, 3.05) is 49.2 Å². The zero-order valence-electron chi connectivity index (χ0n) is 17.1. The molecule has 2 aliphatic rings. The molecule has 2 N–H and O–H groups in total. The van der Waals surface area contributed by atoms with E-state index in [1.54, 1.807) is 24.3 Å². The number of nitrogens with zero attached hydrogens (tertiary/aromatic N) is 6. The van der Waals surface area contributed by atoms with E-state index in [2.05, 4.69) is 14.8 Å². The highest BCUT2D eigenvalue weighted by Crippen LogP contribution is 2.30. The first-order valence-corrected chi connectivity index (χ1v) is 10.6. The molecule has 3 aromatic rings. The third kappa shape index (κ3) is 3.92. The summed E-state index contributed by atoms with van der Waals surface area (Å²) in [7, 11) is 0. The molecule has 0 saturated carbocycles. The number of anilines is 2. The van der Waals surface area contributed by atoms with Crippen LogP contribution in [0, 0.1) is 0 Å². The summed E-state index contributed by atoms with van der Waals surface area (Å²) in [5, 5.41) is 0. The molecule has 5 rings (SSSR count). The Morgan fingerprint density at radius 3 is 2.26 bits per heavy atom. The number of benzene rings is 1. The number of hydrogen-bond acceptors (Lipinski definition) is 7. The number of alkyl halides is 2. The van der Waals surface area contributed by atoms with E-state index in [1.165, 1.54) is 4.57 Å². The number of fused-ring (bicyclic) bond motifs is 1. The molecule has 0 atom stereocenters. The van der Waals surface area contributed by atoms with E-state index in [1.807, 2.05) is 6.07 Å². The minimum absolute atomic E-state index is 0.180. The molecule has 1 aromatic carbocycles. The number of imidazole rings is 1.